The van der Waals surface area contributed by atoms with Gasteiger partial charge in [-0.25, -0.2) is 4.79 Å². The fraction of sp³-hybridized carbons (Fsp3) is 0.308. The molecule has 2 aromatic rings. The summed E-state index contributed by atoms with van der Waals surface area (Å²) in [5, 5.41) is 13.1. The molecule has 0 saturated heterocycles. The summed E-state index contributed by atoms with van der Waals surface area (Å²) < 4.78 is 10.4. The number of hydrogen-bond acceptors (Lipinski definition) is 6. The van der Waals surface area contributed by atoms with Crippen molar-refractivity contribution in [2.24, 2.45) is 0 Å². The molecule has 0 bridgehead atoms. The van der Waals surface area contributed by atoms with Gasteiger partial charge >= 0.3 is 5.97 Å². The number of nitrogens with one attached hydrogen (secondary N) is 1. The number of ketones is 1. The van der Waals surface area contributed by atoms with Gasteiger partial charge < -0.3 is 19.9 Å². The number of carbonyl (C=O) groups excluding carboxylic acids is 2. The molecule has 0 saturated carbocycles. The van der Waals surface area contributed by atoms with E-state index in [9.17, 15) is 14.7 Å². The van der Waals surface area contributed by atoms with Crippen LogP contribution in [-0.4, -0.2) is 37.2 Å². The zero-order valence-corrected chi connectivity index (χ0v) is 18.3. The van der Waals surface area contributed by atoms with Gasteiger partial charge in [-0.05, 0) is 42.5 Å². The van der Waals surface area contributed by atoms with Crippen LogP contribution in [0.15, 0.2) is 77.1 Å². The molecule has 1 aliphatic heterocycles. The van der Waals surface area contributed by atoms with Crippen molar-refractivity contribution in [2.75, 3.05) is 20.3 Å². The van der Waals surface area contributed by atoms with Gasteiger partial charge in [-0.2, -0.15) is 0 Å². The number of methoxy groups -OCH3 is 1. The second-order valence-electron chi connectivity index (χ2n) is 8.15. The summed E-state index contributed by atoms with van der Waals surface area (Å²) in [6.07, 6.45) is 1.06. The van der Waals surface area contributed by atoms with Crippen LogP contribution in [0.3, 0.4) is 0 Å². The highest BCUT2D eigenvalue weighted by Crippen LogP contribution is 2.45. The average Bonchev–Trinajstić information content (AvgIpc) is 2.79. The van der Waals surface area contributed by atoms with Crippen molar-refractivity contribution in [3.05, 3.63) is 88.3 Å². The number of carbonyl (C=O) groups is 2. The van der Waals surface area contributed by atoms with E-state index < -0.39 is 11.9 Å². The predicted molar refractivity (Wildman–Crippen MR) is 120 cm³/mol. The van der Waals surface area contributed by atoms with Crippen LogP contribution in [0.2, 0.25) is 0 Å². The minimum absolute atomic E-state index is 0.0142. The molecule has 1 aliphatic carbocycles. The molecule has 0 amide bonds. The highest BCUT2D eigenvalue weighted by Gasteiger charge is 2.41. The number of hydrogen-bond donors (Lipinski definition) is 2. The summed E-state index contributed by atoms with van der Waals surface area (Å²) in [5.41, 5.74) is 4.43. The Morgan fingerprint density at radius 1 is 1.03 bits per heavy atom. The molecule has 0 spiro atoms. The molecule has 1 heterocycles. The molecule has 0 radical (unpaired) electrons. The van der Waals surface area contributed by atoms with E-state index in [4.69, 9.17) is 9.47 Å². The summed E-state index contributed by atoms with van der Waals surface area (Å²) in [5.74, 6) is -0.805. The van der Waals surface area contributed by atoms with E-state index in [0.29, 0.717) is 36.3 Å². The first kappa shape index (κ1) is 21.8. The number of rotatable bonds is 6. The van der Waals surface area contributed by atoms with E-state index in [2.05, 4.69) is 5.32 Å². The maximum atomic E-state index is 13.5. The Hall–Kier alpha value is -3.38. The van der Waals surface area contributed by atoms with E-state index in [0.717, 1.165) is 16.8 Å². The summed E-state index contributed by atoms with van der Waals surface area (Å²) in [7, 11) is 1.54. The average molecular weight is 434 g/mol. The lowest BCUT2D eigenvalue weighted by Crippen LogP contribution is -2.36. The molecule has 0 aromatic heterocycles. The van der Waals surface area contributed by atoms with Gasteiger partial charge in [-0.1, -0.05) is 42.5 Å². The smallest absolute Gasteiger partial charge is 0.336 e. The first-order chi connectivity index (χ1) is 15.5. The Labute approximate surface area is 187 Å². The second kappa shape index (κ2) is 9.40. The lowest BCUT2D eigenvalue weighted by atomic mass is 9.72. The van der Waals surface area contributed by atoms with Crippen molar-refractivity contribution in [1.82, 2.24) is 5.32 Å². The quantitative estimate of drug-likeness (QED) is 0.530. The van der Waals surface area contributed by atoms with Gasteiger partial charge in [0.1, 0.15) is 12.4 Å². The molecule has 6 nitrogen and oxygen atoms in total. The number of phenolic OH excluding ortho intramolecular Hbond substituents is 1. The Bertz CT molecular complexity index is 1070. The fourth-order valence-corrected chi connectivity index (χ4v) is 4.57. The number of esters is 1. The molecular weight excluding hydrogens is 406 g/mol. The summed E-state index contributed by atoms with van der Waals surface area (Å²) >= 11 is 0. The molecule has 0 unspecified atom stereocenters. The van der Waals surface area contributed by atoms with Crippen molar-refractivity contribution in [2.45, 2.75) is 31.6 Å². The van der Waals surface area contributed by atoms with Crippen LogP contribution in [0.4, 0.5) is 0 Å². The molecule has 0 fully saturated rings. The van der Waals surface area contributed by atoms with Crippen LogP contribution >= 0.6 is 0 Å². The normalized spacial score (nSPS) is 20.6. The first-order valence-corrected chi connectivity index (χ1v) is 10.7. The Balaban J connectivity index is 1.74. The minimum atomic E-state index is -0.550. The van der Waals surface area contributed by atoms with Gasteiger partial charge in [0.2, 0.25) is 0 Å². The van der Waals surface area contributed by atoms with E-state index in [1.165, 1.54) is 0 Å². The molecule has 2 aromatic carbocycles. The third kappa shape index (κ3) is 4.32. The third-order valence-electron chi connectivity index (χ3n) is 6.07. The van der Waals surface area contributed by atoms with Gasteiger partial charge in [0.15, 0.2) is 5.78 Å². The SMILES string of the molecule is COCCOC(=O)C1=C(C)NC2=C(C(=O)C[C@@H](c3ccccc3)C2)[C@H]1c1ccc(O)cc1. The molecule has 32 heavy (non-hydrogen) atoms. The van der Waals surface area contributed by atoms with Gasteiger partial charge in [-0.15, -0.1) is 0 Å². The summed E-state index contributed by atoms with van der Waals surface area (Å²) in [6, 6.07) is 16.7. The fourth-order valence-electron chi connectivity index (χ4n) is 4.57. The lowest BCUT2D eigenvalue weighted by molar-refractivity contribution is -0.140. The maximum absolute atomic E-state index is 13.5. The van der Waals surface area contributed by atoms with E-state index in [1.807, 2.05) is 37.3 Å². The zero-order chi connectivity index (χ0) is 22.7. The van der Waals surface area contributed by atoms with Crippen LogP contribution in [0.1, 0.15) is 42.7 Å². The Morgan fingerprint density at radius 3 is 2.44 bits per heavy atom. The van der Waals surface area contributed by atoms with Crippen molar-refractivity contribution in [3.8, 4) is 5.75 Å². The number of phenols is 1. The zero-order valence-electron chi connectivity index (χ0n) is 18.3. The lowest BCUT2D eigenvalue weighted by Gasteiger charge is -2.36. The Kier molecular flexibility index (Phi) is 6.42. The van der Waals surface area contributed by atoms with Gasteiger partial charge in [0, 0.05) is 36.4 Å². The van der Waals surface area contributed by atoms with Gasteiger partial charge in [0.05, 0.1) is 12.2 Å². The van der Waals surface area contributed by atoms with Crippen molar-refractivity contribution in [1.29, 1.82) is 0 Å². The van der Waals surface area contributed by atoms with Gasteiger partial charge in [0.25, 0.3) is 0 Å². The predicted octanol–water partition coefficient (Wildman–Crippen LogP) is 3.94. The number of dihydropyridines is 1. The van der Waals surface area contributed by atoms with Crippen molar-refractivity contribution >= 4 is 11.8 Å². The Morgan fingerprint density at radius 2 is 1.75 bits per heavy atom. The van der Waals surface area contributed by atoms with Crippen LogP contribution in [-0.2, 0) is 19.1 Å². The number of aromatic hydroxyl groups is 1. The van der Waals surface area contributed by atoms with Gasteiger partial charge in [-0.3, -0.25) is 4.79 Å². The molecule has 4 rings (SSSR count). The van der Waals surface area contributed by atoms with Crippen molar-refractivity contribution in [3.63, 3.8) is 0 Å². The van der Waals surface area contributed by atoms with E-state index >= 15 is 0 Å². The van der Waals surface area contributed by atoms with Crippen LogP contribution in [0.25, 0.3) is 0 Å². The number of benzene rings is 2. The van der Waals surface area contributed by atoms with Crippen LogP contribution in [0, 0.1) is 0 Å². The molecule has 2 atom stereocenters. The molecular formula is C26H27NO5. The highest BCUT2D eigenvalue weighted by atomic mass is 16.6. The minimum Gasteiger partial charge on any atom is -0.508 e. The largest absolute Gasteiger partial charge is 0.508 e. The molecule has 2 aliphatic rings. The third-order valence-corrected chi connectivity index (χ3v) is 6.07. The summed E-state index contributed by atoms with van der Waals surface area (Å²) in [6.45, 7) is 2.26. The van der Waals surface area contributed by atoms with Crippen molar-refractivity contribution < 1.29 is 24.2 Å². The number of allylic oxidation sites excluding steroid dienone is 3. The highest BCUT2D eigenvalue weighted by molar-refractivity contribution is 6.04. The number of Topliss-reactive ketones (excluding diaryl/α,β-unsaturated/α-hetero) is 1. The molecule has 2 N–H and O–H groups in total. The maximum Gasteiger partial charge on any atom is 0.336 e. The molecule has 166 valence electrons. The topological polar surface area (TPSA) is 84.9 Å². The second-order valence-corrected chi connectivity index (χ2v) is 8.15. The summed E-state index contributed by atoms with van der Waals surface area (Å²) in [4.78, 5) is 26.5. The standard InChI is InChI=1S/C26H27NO5/c1-16-23(26(30)32-13-12-31-2)24(18-8-10-20(28)11-9-18)25-21(27-16)14-19(15-22(25)29)17-6-4-3-5-7-17/h3-11,19,24,27-28H,12-15H2,1-2H3/t19-,24-/m0/s1. The van der Waals surface area contributed by atoms with E-state index in [1.54, 1.807) is 31.4 Å². The molecule has 6 heteroatoms. The first-order valence-electron chi connectivity index (χ1n) is 10.7. The monoisotopic (exact) mass is 433 g/mol. The van der Waals surface area contributed by atoms with Crippen LogP contribution < -0.4 is 5.32 Å². The number of ether oxygens (including phenoxy) is 2. The van der Waals surface area contributed by atoms with E-state index in [-0.39, 0.29) is 24.1 Å². The van der Waals surface area contributed by atoms with Crippen LogP contribution in [0.5, 0.6) is 5.75 Å².